The number of rotatable bonds is 3. The Balaban J connectivity index is 1.64. The second-order valence-corrected chi connectivity index (χ2v) is 5.89. The number of aromatic amines is 1. The number of hydrogen-bond donors (Lipinski definition) is 1. The maximum atomic E-state index is 11.5. The molecule has 1 aromatic rings. The van der Waals surface area contributed by atoms with Crippen LogP contribution in [0.15, 0.2) is 15.6 Å². The van der Waals surface area contributed by atoms with Crippen LogP contribution in [-0.4, -0.2) is 47.6 Å². The minimum atomic E-state index is -0.111. The van der Waals surface area contributed by atoms with Crippen molar-refractivity contribution in [1.29, 1.82) is 0 Å². The molecule has 6 heteroatoms. The first-order valence-electron chi connectivity index (χ1n) is 6.44. The molecule has 1 N–H and O–H groups in total. The first-order chi connectivity index (χ1) is 8.74. The summed E-state index contributed by atoms with van der Waals surface area (Å²) >= 11 is 3.32. The molecular weight excluding hydrogens is 296 g/mol. The van der Waals surface area contributed by atoms with Crippen LogP contribution in [0.5, 0.6) is 0 Å². The first kappa shape index (κ1) is 12.2. The summed E-state index contributed by atoms with van der Waals surface area (Å²) in [6, 6.07) is 0. The molecule has 1 aromatic heterocycles. The Bertz CT molecular complexity index is 477. The Kier molecular flexibility index (Phi) is 3.39. The van der Waals surface area contributed by atoms with E-state index < -0.39 is 0 Å². The highest BCUT2D eigenvalue weighted by Gasteiger charge is 2.27. The molecule has 0 aromatic carbocycles. The molecule has 2 aliphatic rings. The highest BCUT2D eigenvalue weighted by atomic mass is 79.9. The van der Waals surface area contributed by atoms with Crippen molar-refractivity contribution < 1.29 is 0 Å². The fourth-order valence-electron chi connectivity index (χ4n) is 2.40. The number of nitrogens with zero attached hydrogens (tertiary/aromatic N) is 3. The molecule has 0 atom stereocenters. The summed E-state index contributed by atoms with van der Waals surface area (Å²) in [5, 5.41) is 0. The van der Waals surface area contributed by atoms with Gasteiger partial charge < -0.3 is 9.88 Å². The average molecular weight is 313 g/mol. The highest BCUT2D eigenvalue weighted by Crippen LogP contribution is 2.30. The van der Waals surface area contributed by atoms with E-state index >= 15 is 0 Å². The Hall–Kier alpha value is -0.880. The zero-order valence-electron chi connectivity index (χ0n) is 10.2. The number of H-pyrrole nitrogens is 1. The first-order valence-corrected chi connectivity index (χ1v) is 7.24. The Labute approximate surface area is 114 Å². The molecule has 1 saturated carbocycles. The molecule has 98 valence electrons. The van der Waals surface area contributed by atoms with Crippen molar-refractivity contribution in [1.82, 2.24) is 14.9 Å². The van der Waals surface area contributed by atoms with Gasteiger partial charge in [0.15, 0.2) is 0 Å². The summed E-state index contributed by atoms with van der Waals surface area (Å²) in [4.78, 5) is 23.1. The van der Waals surface area contributed by atoms with Crippen LogP contribution in [0.4, 0.5) is 5.82 Å². The normalized spacial score (nSPS) is 21.3. The van der Waals surface area contributed by atoms with Crippen LogP contribution in [0.1, 0.15) is 12.8 Å². The monoisotopic (exact) mass is 312 g/mol. The van der Waals surface area contributed by atoms with Crippen molar-refractivity contribution in [2.75, 3.05) is 37.6 Å². The summed E-state index contributed by atoms with van der Waals surface area (Å²) in [6.45, 7) is 5.27. The van der Waals surface area contributed by atoms with Crippen LogP contribution in [0, 0.1) is 5.92 Å². The van der Waals surface area contributed by atoms with Gasteiger partial charge in [-0.3, -0.25) is 9.69 Å². The van der Waals surface area contributed by atoms with E-state index in [1.54, 1.807) is 0 Å². The van der Waals surface area contributed by atoms with Gasteiger partial charge in [0.1, 0.15) is 10.3 Å². The van der Waals surface area contributed by atoms with E-state index in [0.29, 0.717) is 4.47 Å². The number of nitrogens with one attached hydrogen (secondary N) is 1. The summed E-state index contributed by atoms with van der Waals surface area (Å²) < 4.78 is 0.542. The SMILES string of the molecule is O=c1[nH]cnc(N2CCN(CC3CC3)CC2)c1Br. The average Bonchev–Trinajstić information content (AvgIpc) is 3.18. The third-order valence-corrected chi connectivity index (χ3v) is 4.38. The molecule has 2 fully saturated rings. The zero-order valence-corrected chi connectivity index (χ0v) is 11.8. The predicted molar refractivity (Wildman–Crippen MR) is 73.9 cm³/mol. The smallest absolute Gasteiger partial charge is 0.267 e. The lowest BCUT2D eigenvalue weighted by atomic mass is 10.3. The summed E-state index contributed by atoms with van der Waals surface area (Å²) in [7, 11) is 0. The van der Waals surface area contributed by atoms with Crippen LogP contribution < -0.4 is 10.5 Å². The Morgan fingerprint density at radius 3 is 2.72 bits per heavy atom. The van der Waals surface area contributed by atoms with Gasteiger partial charge in [-0.1, -0.05) is 0 Å². The van der Waals surface area contributed by atoms with Gasteiger partial charge in [-0.15, -0.1) is 0 Å². The van der Waals surface area contributed by atoms with Gasteiger partial charge in [0, 0.05) is 32.7 Å². The molecule has 5 nitrogen and oxygen atoms in total. The van der Waals surface area contributed by atoms with E-state index in [1.165, 1.54) is 25.7 Å². The van der Waals surface area contributed by atoms with Crippen LogP contribution in [0.2, 0.25) is 0 Å². The molecule has 18 heavy (non-hydrogen) atoms. The molecule has 3 rings (SSSR count). The highest BCUT2D eigenvalue weighted by molar-refractivity contribution is 9.10. The predicted octanol–water partition coefficient (Wildman–Crippen LogP) is 1.06. The summed E-state index contributed by atoms with van der Waals surface area (Å²) in [6.07, 6.45) is 4.28. The Morgan fingerprint density at radius 1 is 1.33 bits per heavy atom. The second-order valence-electron chi connectivity index (χ2n) is 5.10. The van der Waals surface area contributed by atoms with E-state index in [2.05, 4.69) is 35.7 Å². The van der Waals surface area contributed by atoms with Gasteiger partial charge in [0.2, 0.25) is 0 Å². The number of piperazine rings is 1. The molecule has 0 amide bonds. The van der Waals surface area contributed by atoms with Crippen LogP contribution in [-0.2, 0) is 0 Å². The van der Waals surface area contributed by atoms with Gasteiger partial charge in [-0.2, -0.15) is 0 Å². The number of hydrogen-bond acceptors (Lipinski definition) is 4. The van der Waals surface area contributed by atoms with Crippen molar-refractivity contribution in [3.05, 3.63) is 21.2 Å². The molecule has 0 bridgehead atoms. The van der Waals surface area contributed by atoms with E-state index in [4.69, 9.17) is 0 Å². The van der Waals surface area contributed by atoms with E-state index in [9.17, 15) is 4.79 Å². The zero-order chi connectivity index (χ0) is 12.5. The molecule has 1 saturated heterocycles. The number of halogens is 1. The summed E-state index contributed by atoms with van der Waals surface area (Å²) in [5.41, 5.74) is -0.111. The standard InChI is InChI=1S/C12H17BrN4O/c13-10-11(14-8-15-12(10)18)17-5-3-16(4-6-17)7-9-1-2-9/h8-9H,1-7H2,(H,14,15,18). The van der Waals surface area contributed by atoms with E-state index in [0.717, 1.165) is 37.9 Å². The lowest BCUT2D eigenvalue weighted by Gasteiger charge is -2.35. The second kappa shape index (κ2) is 5.01. The summed E-state index contributed by atoms with van der Waals surface area (Å²) in [5.74, 6) is 1.71. The molecule has 1 aliphatic heterocycles. The molecular formula is C12H17BrN4O. The maximum Gasteiger partial charge on any atom is 0.267 e. The molecule has 2 heterocycles. The largest absolute Gasteiger partial charge is 0.353 e. The quantitative estimate of drug-likeness (QED) is 0.907. The minimum Gasteiger partial charge on any atom is -0.353 e. The van der Waals surface area contributed by atoms with Crippen molar-refractivity contribution in [3.63, 3.8) is 0 Å². The fourth-order valence-corrected chi connectivity index (χ4v) is 2.87. The minimum absolute atomic E-state index is 0.111. The fraction of sp³-hybridized carbons (Fsp3) is 0.667. The van der Waals surface area contributed by atoms with Gasteiger partial charge >= 0.3 is 0 Å². The maximum absolute atomic E-state index is 11.5. The lowest BCUT2D eigenvalue weighted by molar-refractivity contribution is 0.247. The van der Waals surface area contributed by atoms with Crippen LogP contribution in [0.3, 0.4) is 0 Å². The van der Waals surface area contributed by atoms with Crippen LogP contribution >= 0.6 is 15.9 Å². The number of aromatic nitrogens is 2. The van der Waals surface area contributed by atoms with E-state index in [-0.39, 0.29) is 5.56 Å². The van der Waals surface area contributed by atoms with E-state index in [1.807, 2.05) is 0 Å². The lowest BCUT2D eigenvalue weighted by Crippen LogP contribution is -2.47. The van der Waals surface area contributed by atoms with Crippen molar-refractivity contribution in [2.24, 2.45) is 5.92 Å². The third-order valence-electron chi connectivity index (χ3n) is 3.66. The molecule has 0 spiro atoms. The van der Waals surface area contributed by atoms with Crippen molar-refractivity contribution >= 4 is 21.7 Å². The van der Waals surface area contributed by atoms with Crippen LogP contribution in [0.25, 0.3) is 0 Å². The molecule has 0 unspecified atom stereocenters. The number of anilines is 1. The molecule has 0 radical (unpaired) electrons. The third kappa shape index (κ3) is 2.59. The Morgan fingerprint density at radius 2 is 2.06 bits per heavy atom. The molecule has 1 aliphatic carbocycles. The van der Waals surface area contributed by atoms with Gasteiger partial charge in [0.05, 0.1) is 6.33 Å². The topological polar surface area (TPSA) is 52.2 Å². The van der Waals surface area contributed by atoms with Gasteiger partial charge in [-0.05, 0) is 34.7 Å². The van der Waals surface area contributed by atoms with Crippen molar-refractivity contribution in [2.45, 2.75) is 12.8 Å². The van der Waals surface area contributed by atoms with Gasteiger partial charge in [-0.25, -0.2) is 4.98 Å². The van der Waals surface area contributed by atoms with Crippen molar-refractivity contribution in [3.8, 4) is 0 Å². The van der Waals surface area contributed by atoms with Gasteiger partial charge in [0.25, 0.3) is 5.56 Å².